The Labute approximate surface area is 155 Å². The quantitative estimate of drug-likeness (QED) is 0.670. The summed E-state index contributed by atoms with van der Waals surface area (Å²) in [6, 6.07) is 3.46. The molecule has 1 N–H and O–H groups in total. The van der Waals surface area contributed by atoms with E-state index in [1.165, 1.54) is 11.3 Å². The maximum Gasteiger partial charge on any atom is 0.355 e. The second kappa shape index (κ2) is 7.45. The lowest BCUT2D eigenvalue weighted by atomic mass is 9.98. The summed E-state index contributed by atoms with van der Waals surface area (Å²) < 4.78 is 6.97. The number of thiophene rings is 1. The summed E-state index contributed by atoms with van der Waals surface area (Å²) in [6.45, 7) is 6.30. The molecule has 3 aromatic rings. The van der Waals surface area contributed by atoms with Crippen molar-refractivity contribution < 1.29 is 9.53 Å². The lowest BCUT2D eigenvalue weighted by Crippen LogP contribution is -2.16. The average Bonchev–Trinajstić information content (AvgIpc) is 3.16. The van der Waals surface area contributed by atoms with Gasteiger partial charge in [0.15, 0.2) is 0 Å². The lowest BCUT2D eigenvalue weighted by Gasteiger charge is -2.08. The molecule has 3 heterocycles. The molecule has 0 unspecified atom stereocenters. The summed E-state index contributed by atoms with van der Waals surface area (Å²) in [5.41, 5.74) is 1.37. The molecule has 0 saturated carbocycles. The van der Waals surface area contributed by atoms with E-state index in [0.29, 0.717) is 27.7 Å². The lowest BCUT2D eigenvalue weighted by molar-refractivity contribution is 0.0451. The molecule has 6 nitrogen and oxygen atoms in total. The van der Waals surface area contributed by atoms with Crippen LogP contribution in [0.3, 0.4) is 0 Å². The first-order valence-electron chi connectivity index (χ1n) is 8.70. The summed E-state index contributed by atoms with van der Waals surface area (Å²) in [4.78, 5) is 33.8. The van der Waals surface area contributed by atoms with Crippen molar-refractivity contribution in [2.24, 2.45) is 13.0 Å². The molecule has 0 radical (unpaired) electrons. The minimum Gasteiger partial charge on any atom is -0.453 e. The molecule has 3 aromatic heterocycles. The number of aromatic amines is 1. The van der Waals surface area contributed by atoms with Gasteiger partial charge >= 0.3 is 5.97 Å². The number of aryl methyl sites for hydroxylation is 2. The number of aromatic nitrogens is 3. The number of nitrogens with one attached hydrogen (secondary N) is 1. The number of rotatable bonds is 6. The third kappa shape index (κ3) is 3.58. The first kappa shape index (κ1) is 18.4. The van der Waals surface area contributed by atoms with E-state index in [-0.39, 0.29) is 12.2 Å². The van der Waals surface area contributed by atoms with Gasteiger partial charge in [-0.05, 0) is 37.0 Å². The van der Waals surface area contributed by atoms with Gasteiger partial charge in [0.05, 0.1) is 5.39 Å². The van der Waals surface area contributed by atoms with Gasteiger partial charge in [0.25, 0.3) is 5.56 Å². The molecule has 3 rings (SSSR count). The van der Waals surface area contributed by atoms with Crippen molar-refractivity contribution in [1.82, 2.24) is 14.5 Å². The topological polar surface area (TPSA) is 77.0 Å². The fourth-order valence-corrected chi connectivity index (χ4v) is 3.98. The number of H-pyrrole nitrogens is 1. The van der Waals surface area contributed by atoms with E-state index in [2.05, 4.69) is 23.8 Å². The van der Waals surface area contributed by atoms with Gasteiger partial charge in [-0.15, -0.1) is 11.3 Å². The number of hydrogen-bond donors (Lipinski definition) is 1. The maximum absolute atomic E-state index is 12.6. The fourth-order valence-electron chi connectivity index (χ4n) is 2.91. The largest absolute Gasteiger partial charge is 0.453 e. The zero-order chi connectivity index (χ0) is 18.8. The van der Waals surface area contributed by atoms with E-state index >= 15 is 0 Å². The Morgan fingerprint density at radius 3 is 2.88 bits per heavy atom. The van der Waals surface area contributed by atoms with E-state index < -0.39 is 5.97 Å². The molecule has 0 saturated heterocycles. The zero-order valence-electron chi connectivity index (χ0n) is 15.5. The molecule has 0 fully saturated rings. The molecule has 0 spiro atoms. The predicted octanol–water partition coefficient (Wildman–Crippen LogP) is 3.58. The van der Waals surface area contributed by atoms with E-state index in [9.17, 15) is 9.59 Å². The molecular weight excluding hydrogens is 350 g/mol. The highest BCUT2D eigenvalue weighted by Crippen LogP contribution is 2.29. The molecule has 0 bridgehead atoms. The van der Waals surface area contributed by atoms with Gasteiger partial charge in [-0.2, -0.15) is 0 Å². The van der Waals surface area contributed by atoms with Gasteiger partial charge in [0, 0.05) is 18.1 Å². The maximum atomic E-state index is 12.6. The van der Waals surface area contributed by atoms with Crippen molar-refractivity contribution in [3.8, 4) is 0 Å². The van der Waals surface area contributed by atoms with Gasteiger partial charge in [-0.1, -0.05) is 20.3 Å². The van der Waals surface area contributed by atoms with Gasteiger partial charge in [0.1, 0.15) is 23.0 Å². The zero-order valence-corrected chi connectivity index (χ0v) is 16.3. The minimum atomic E-state index is -0.444. The third-order valence-corrected chi connectivity index (χ3v) is 5.70. The van der Waals surface area contributed by atoms with Gasteiger partial charge < -0.3 is 14.3 Å². The van der Waals surface area contributed by atoms with Crippen LogP contribution in [-0.4, -0.2) is 20.5 Å². The van der Waals surface area contributed by atoms with Crippen LogP contribution in [0.1, 0.15) is 47.0 Å². The summed E-state index contributed by atoms with van der Waals surface area (Å²) in [6.07, 6.45) is 3.71. The molecule has 0 aromatic carbocycles. The summed E-state index contributed by atoms with van der Waals surface area (Å²) in [5, 5.41) is 0.672. The van der Waals surface area contributed by atoms with Crippen LogP contribution in [0.15, 0.2) is 23.1 Å². The predicted molar refractivity (Wildman–Crippen MR) is 103 cm³/mol. The number of carbonyl (C=O) groups is 1. The summed E-state index contributed by atoms with van der Waals surface area (Å²) in [7, 11) is 1.77. The monoisotopic (exact) mass is 373 g/mol. The van der Waals surface area contributed by atoms with Crippen LogP contribution in [0.2, 0.25) is 0 Å². The summed E-state index contributed by atoms with van der Waals surface area (Å²) in [5.74, 6) is 0.429. The van der Waals surface area contributed by atoms with Crippen LogP contribution in [0.25, 0.3) is 10.2 Å². The minimum absolute atomic E-state index is 0.0627. The Bertz CT molecular complexity index is 999. The number of nitrogens with zero attached hydrogens (tertiary/aromatic N) is 2. The van der Waals surface area contributed by atoms with Gasteiger partial charge in [-0.25, -0.2) is 9.78 Å². The first-order valence-corrected chi connectivity index (χ1v) is 9.52. The molecule has 0 aliphatic heterocycles. The molecule has 0 aliphatic rings. The molecule has 26 heavy (non-hydrogen) atoms. The van der Waals surface area contributed by atoms with Crippen molar-refractivity contribution in [3.63, 3.8) is 0 Å². The number of fused-ring (bicyclic) bond motifs is 1. The highest BCUT2D eigenvalue weighted by molar-refractivity contribution is 7.18. The third-order valence-electron chi connectivity index (χ3n) is 4.65. The second-order valence-electron chi connectivity index (χ2n) is 6.63. The van der Waals surface area contributed by atoms with E-state index in [4.69, 9.17) is 4.74 Å². The van der Waals surface area contributed by atoms with Gasteiger partial charge in [0.2, 0.25) is 0 Å². The Balaban J connectivity index is 1.84. The Hall–Kier alpha value is -2.41. The number of ether oxygens (including phenoxy) is 1. The number of carbonyl (C=O) groups excluding carboxylic acids is 1. The van der Waals surface area contributed by atoms with Crippen LogP contribution in [0, 0.1) is 12.8 Å². The Morgan fingerprint density at radius 2 is 2.23 bits per heavy atom. The van der Waals surface area contributed by atoms with Crippen LogP contribution in [0.5, 0.6) is 0 Å². The van der Waals surface area contributed by atoms with Crippen molar-refractivity contribution in [2.75, 3.05) is 0 Å². The van der Waals surface area contributed by atoms with Crippen molar-refractivity contribution >= 4 is 27.5 Å². The average molecular weight is 373 g/mol. The normalized spacial score (nSPS) is 12.5. The van der Waals surface area contributed by atoms with Crippen molar-refractivity contribution in [2.45, 2.75) is 40.2 Å². The fraction of sp³-hybridized carbons (Fsp3) is 0.421. The number of hydrogen-bond acceptors (Lipinski definition) is 5. The van der Waals surface area contributed by atoms with Crippen LogP contribution in [-0.2, 0) is 24.8 Å². The van der Waals surface area contributed by atoms with Crippen molar-refractivity contribution in [3.05, 3.63) is 50.6 Å². The highest BCUT2D eigenvalue weighted by Gasteiger charge is 2.17. The summed E-state index contributed by atoms with van der Waals surface area (Å²) >= 11 is 1.52. The molecule has 138 valence electrons. The molecular formula is C19H23N3O3S. The Kier molecular flexibility index (Phi) is 5.27. The Morgan fingerprint density at radius 1 is 1.46 bits per heavy atom. The molecule has 7 heteroatoms. The smallest absolute Gasteiger partial charge is 0.355 e. The van der Waals surface area contributed by atoms with Crippen LogP contribution in [0.4, 0.5) is 0 Å². The van der Waals surface area contributed by atoms with Crippen LogP contribution < -0.4 is 5.56 Å². The van der Waals surface area contributed by atoms with E-state index in [1.807, 2.05) is 6.92 Å². The van der Waals surface area contributed by atoms with Crippen LogP contribution >= 0.6 is 11.3 Å². The number of esters is 1. The molecule has 0 amide bonds. The second-order valence-corrected chi connectivity index (χ2v) is 7.83. The first-order chi connectivity index (χ1) is 12.4. The van der Waals surface area contributed by atoms with E-state index in [1.54, 1.807) is 29.9 Å². The van der Waals surface area contributed by atoms with Gasteiger partial charge in [-0.3, -0.25) is 4.79 Å². The van der Waals surface area contributed by atoms with Crippen molar-refractivity contribution in [1.29, 1.82) is 0 Å². The molecule has 0 aliphatic carbocycles. The van der Waals surface area contributed by atoms with E-state index in [0.717, 1.165) is 23.3 Å². The standard InChI is InChI=1S/C19H23N3O3S/c1-5-11(2)9-13-12(3)26-18-16(13)17(23)20-15(21-18)10-25-19(24)14-7-6-8-22(14)4/h6-8,11H,5,9-10H2,1-4H3,(H,20,21,23)/t11-/m0/s1. The highest BCUT2D eigenvalue weighted by atomic mass is 32.1. The SMILES string of the molecule is CC[C@H](C)Cc1c(C)sc2nc(COC(=O)c3cccn3C)[nH]c(=O)c12. The molecule has 1 atom stereocenters.